The summed E-state index contributed by atoms with van der Waals surface area (Å²) in [6.45, 7) is 18.4. The normalized spacial score (nSPS) is 47.6. The maximum atomic E-state index is 13.9. The van der Waals surface area contributed by atoms with Crippen molar-refractivity contribution in [3.8, 4) is 0 Å². The Balaban J connectivity index is 1.42. The van der Waals surface area contributed by atoms with E-state index in [1.54, 1.807) is 6.26 Å². The molecule has 5 fully saturated rings. The van der Waals surface area contributed by atoms with Gasteiger partial charge in [0.25, 0.3) is 0 Å². The van der Waals surface area contributed by atoms with E-state index in [2.05, 4.69) is 48.1 Å². The number of ketones is 1. The van der Waals surface area contributed by atoms with E-state index in [9.17, 15) is 14.7 Å². The van der Waals surface area contributed by atoms with Gasteiger partial charge in [-0.05, 0) is 134 Å². The lowest BCUT2D eigenvalue weighted by atomic mass is 9.32. The summed E-state index contributed by atoms with van der Waals surface area (Å²) >= 11 is 0. The van der Waals surface area contributed by atoms with E-state index in [4.69, 9.17) is 4.42 Å². The summed E-state index contributed by atoms with van der Waals surface area (Å²) in [4.78, 5) is 26.8. The first-order valence-corrected chi connectivity index (χ1v) is 15.4. The van der Waals surface area contributed by atoms with E-state index < -0.39 is 16.8 Å². The summed E-state index contributed by atoms with van der Waals surface area (Å²) in [5.41, 5.74) is 1.30. The minimum Gasteiger partial charge on any atom is -0.481 e. The van der Waals surface area contributed by atoms with Crippen molar-refractivity contribution in [1.82, 2.24) is 0 Å². The van der Waals surface area contributed by atoms with Crippen molar-refractivity contribution in [2.24, 2.45) is 56.7 Å². The van der Waals surface area contributed by atoms with Crippen LogP contribution in [0.3, 0.4) is 0 Å². The molecule has 0 spiro atoms. The van der Waals surface area contributed by atoms with Crippen molar-refractivity contribution in [1.29, 1.82) is 0 Å². The number of carbonyl (C=O) groups excluding carboxylic acids is 1. The zero-order valence-corrected chi connectivity index (χ0v) is 24.9. The van der Waals surface area contributed by atoms with Gasteiger partial charge in [-0.2, -0.15) is 0 Å². The maximum absolute atomic E-state index is 13.9. The minimum atomic E-state index is -0.587. The summed E-state index contributed by atoms with van der Waals surface area (Å²) in [6.07, 6.45) is 12.4. The van der Waals surface area contributed by atoms with Crippen molar-refractivity contribution >= 4 is 17.8 Å². The molecule has 0 saturated heterocycles. The van der Waals surface area contributed by atoms with Crippen LogP contribution in [0.15, 0.2) is 40.5 Å². The smallest absolute Gasteiger partial charge is 0.309 e. The third-order valence-electron chi connectivity index (χ3n) is 13.9. The largest absolute Gasteiger partial charge is 0.481 e. The Labute approximate surface area is 234 Å². The number of carboxylic acids is 1. The number of carbonyl (C=O) groups is 2. The van der Waals surface area contributed by atoms with Crippen LogP contribution in [0.4, 0.5) is 0 Å². The SMILES string of the molecule is C=C(C)[C@@H]1CC[C@]2(C(=O)O)CC[C@]3(C)[C@H](CC[C@@H]4[C@@]5(C)C/C(=C/c6ccco6)C(=O)C(C)(C)[C@H]5CC[C@]43C)[C@@H]12. The van der Waals surface area contributed by atoms with Gasteiger partial charge in [0.15, 0.2) is 5.78 Å². The molecule has 4 heteroatoms. The summed E-state index contributed by atoms with van der Waals surface area (Å²) < 4.78 is 5.65. The van der Waals surface area contributed by atoms with Gasteiger partial charge in [-0.25, -0.2) is 0 Å². The second-order valence-corrected chi connectivity index (χ2v) is 15.6. The highest BCUT2D eigenvalue weighted by molar-refractivity contribution is 6.04. The number of fused-ring (bicyclic) bond motifs is 7. The molecule has 39 heavy (non-hydrogen) atoms. The molecule has 9 atom stereocenters. The van der Waals surface area contributed by atoms with E-state index in [1.807, 2.05) is 18.2 Å². The number of aliphatic carboxylic acids is 1. The van der Waals surface area contributed by atoms with Gasteiger partial charge in [-0.1, -0.05) is 46.8 Å². The average Bonchev–Trinajstić information content (AvgIpc) is 3.51. The van der Waals surface area contributed by atoms with Gasteiger partial charge in [0.1, 0.15) is 5.76 Å². The predicted octanol–water partition coefficient (Wildman–Crippen LogP) is 8.58. The van der Waals surface area contributed by atoms with Crippen LogP contribution in [0.1, 0.15) is 105 Å². The topological polar surface area (TPSA) is 67.5 Å². The van der Waals surface area contributed by atoms with Crippen molar-refractivity contribution in [3.05, 3.63) is 41.9 Å². The molecule has 0 radical (unpaired) electrons. The zero-order chi connectivity index (χ0) is 28.2. The van der Waals surface area contributed by atoms with Crippen LogP contribution in [0.25, 0.3) is 6.08 Å². The molecule has 1 aromatic rings. The Hall–Kier alpha value is -2.10. The highest BCUT2D eigenvalue weighted by atomic mass is 16.4. The molecule has 0 bridgehead atoms. The van der Waals surface area contributed by atoms with Crippen molar-refractivity contribution < 1.29 is 19.1 Å². The van der Waals surface area contributed by atoms with E-state index >= 15 is 0 Å². The van der Waals surface area contributed by atoms with Crippen molar-refractivity contribution in [2.75, 3.05) is 0 Å². The molecule has 0 aromatic carbocycles. The standard InChI is InChI=1S/C35H48O4/c1-21(2)24-12-15-35(30(37)38)17-16-33(6)25(28(24)35)10-11-27-32(5)20-22(19-23-9-8-18-39-23)29(36)31(3,4)26(32)13-14-34(27,33)7/h8-9,18-19,24-28H,1,10-17,20H2,2-7H3,(H,37,38)/b22-19-/t24-,25+,26+,27+,28+,32-,33+,34+,35-/m0/s1. The fourth-order valence-corrected chi connectivity index (χ4v) is 12.0. The van der Waals surface area contributed by atoms with E-state index in [1.165, 1.54) is 5.57 Å². The second-order valence-electron chi connectivity index (χ2n) is 15.6. The molecule has 1 aromatic heterocycles. The summed E-state index contributed by atoms with van der Waals surface area (Å²) in [5, 5.41) is 10.6. The number of hydrogen-bond donors (Lipinski definition) is 1. The number of furan rings is 1. The van der Waals surface area contributed by atoms with Crippen LogP contribution in [0.2, 0.25) is 0 Å². The fourth-order valence-electron chi connectivity index (χ4n) is 12.0. The lowest BCUT2D eigenvalue weighted by molar-refractivity contribution is -0.231. The molecule has 6 rings (SSSR count). The first-order chi connectivity index (χ1) is 18.2. The Morgan fingerprint density at radius 2 is 1.74 bits per heavy atom. The van der Waals surface area contributed by atoms with Gasteiger partial charge >= 0.3 is 5.97 Å². The van der Waals surface area contributed by atoms with Crippen LogP contribution in [-0.2, 0) is 9.59 Å². The molecule has 4 nitrogen and oxygen atoms in total. The van der Waals surface area contributed by atoms with Gasteiger partial charge in [0.2, 0.25) is 0 Å². The average molecular weight is 533 g/mol. The Morgan fingerprint density at radius 3 is 2.38 bits per heavy atom. The van der Waals surface area contributed by atoms with E-state index in [-0.39, 0.29) is 27.9 Å². The molecule has 0 unspecified atom stereocenters. The quantitative estimate of drug-likeness (QED) is 0.313. The van der Waals surface area contributed by atoms with Crippen molar-refractivity contribution in [2.45, 2.75) is 99.3 Å². The predicted molar refractivity (Wildman–Crippen MR) is 154 cm³/mol. The van der Waals surface area contributed by atoms with E-state index in [0.29, 0.717) is 23.7 Å². The Morgan fingerprint density at radius 1 is 1.00 bits per heavy atom. The molecule has 5 aliphatic carbocycles. The van der Waals surface area contributed by atoms with Crippen LogP contribution >= 0.6 is 0 Å². The molecule has 5 saturated carbocycles. The first kappa shape index (κ1) is 27.1. The molecule has 1 heterocycles. The van der Waals surface area contributed by atoms with Crippen molar-refractivity contribution in [3.63, 3.8) is 0 Å². The van der Waals surface area contributed by atoms with Gasteiger partial charge in [0.05, 0.1) is 11.7 Å². The lowest BCUT2D eigenvalue weighted by Crippen LogP contribution is -2.67. The number of Topliss-reactive ketones (excluding diaryl/α,β-unsaturated/α-hetero) is 1. The second kappa shape index (κ2) is 8.46. The number of carboxylic acid groups (broad SMARTS) is 1. The van der Waals surface area contributed by atoms with Crippen LogP contribution in [0, 0.1) is 56.7 Å². The summed E-state index contributed by atoms with van der Waals surface area (Å²) in [5.74, 6) is 2.23. The molecule has 0 amide bonds. The lowest BCUT2D eigenvalue weighted by Gasteiger charge is -2.72. The first-order valence-electron chi connectivity index (χ1n) is 15.4. The molecule has 1 N–H and O–H groups in total. The fraction of sp³-hybridized carbons (Fsp3) is 0.714. The van der Waals surface area contributed by atoms with Crippen LogP contribution in [0.5, 0.6) is 0 Å². The molecular weight excluding hydrogens is 484 g/mol. The van der Waals surface area contributed by atoms with Gasteiger partial charge in [-0.15, -0.1) is 0 Å². The molecule has 212 valence electrons. The minimum absolute atomic E-state index is 0.0155. The number of rotatable bonds is 3. The summed E-state index contributed by atoms with van der Waals surface area (Å²) in [7, 11) is 0. The van der Waals surface area contributed by atoms with Gasteiger partial charge < -0.3 is 9.52 Å². The Bertz CT molecular complexity index is 1240. The van der Waals surface area contributed by atoms with Crippen LogP contribution in [-0.4, -0.2) is 16.9 Å². The molecule has 5 aliphatic rings. The Kier molecular flexibility index (Phi) is 5.88. The highest BCUT2D eigenvalue weighted by Gasteiger charge is 2.72. The zero-order valence-electron chi connectivity index (χ0n) is 24.9. The number of allylic oxidation sites excluding steroid dienone is 2. The molecular formula is C35H48O4. The van der Waals surface area contributed by atoms with Crippen LogP contribution < -0.4 is 0 Å². The monoisotopic (exact) mass is 532 g/mol. The maximum Gasteiger partial charge on any atom is 0.309 e. The summed E-state index contributed by atoms with van der Waals surface area (Å²) in [6, 6.07) is 3.83. The highest BCUT2D eigenvalue weighted by Crippen LogP contribution is 2.77. The third kappa shape index (κ3) is 3.35. The molecule has 0 aliphatic heterocycles. The van der Waals surface area contributed by atoms with Gasteiger partial charge in [0, 0.05) is 5.41 Å². The van der Waals surface area contributed by atoms with Gasteiger partial charge in [-0.3, -0.25) is 9.59 Å². The van der Waals surface area contributed by atoms with E-state index in [0.717, 1.165) is 69.1 Å². The number of hydrogen-bond acceptors (Lipinski definition) is 3. The third-order valence-corrected chi connectivity index (χ3v) is 13.9.